The van der Waals surface area contributed by atoms with Crippen molar-refractivity contribution in [1.29, 1.82) is 0 Å². The Morgan fingerprint density at radius 1 is 0.735 bits per heavy atom. The van der Waals surface area contributed by atoms with Crippen molar-refractivity contribution in [3.05, 3.63) is 95.5 Å². The molecule has 0 spiro atoms. The monoisotopic (exact) mass is 465 g/mol. The van der Waals surface area contributed by atoms with Crippen LogP contribution >= 0.6 is 0 Å². The van der Waals surface area contributed by atoms with Gasteiger partial charge in [0.25, 0.3) is 0 Å². The number of nitrogens with zero attached hydrogens (tertiary/aromatic N) is 3. The van der Waals surface area contributed by atoms with Crippen LogP contribution in [0.25, 0.3) is 0 Å². The molecule has 0 atom stereocenters. The summed E-state index contributed by atoms with van der Waals surface area (Å²) < 4.78 is 0. The lowest BCUT2D eigenvalue weighted by atomic mass is 10.0. The molecule has 3 rings (SSSR count). The third-order valence-corrected chi connectivity index (χ3v) is 5.32. The average molecular weight is 466 g/mol. The smallest absolute Gasteiger partial charge is 0.188 e. The molecule has 2 aromatic rings. The SMILES string of the molecule is C=CC.C=CN(C)C1N(c2c(C)cc(C)cc2C)C=CN1c1c(C)cc(C)cc1C.CC.CO. The van der Waals surface area contributed by atoms with Crippen LogP contribution < -0.4 is 9.80 Å². The average Bonchev–Trinajstić information content (AvgIpc) is 3.19. The maximum atomic E-state index is 7.00. The van der Waals surface area contributed by atoms with Crippen LogP contribution in [0.2, 0.25) is 0 Å². The third kappa shape index (κ3) is 7.26. The molecule has 2 aromatic carbocycles. The first-order valence-electron chi connectivity index (χ1n) is 11.9. The van der Waals surface area contributed by atoms with E-state index in [-0.39, 0.29) is 6.29 Å². The maximum Gasteiger partial charge on any atom is 0.188 e. The molecular formula is C30H47N3O. The minimum Gasteiger partial charge on any atom is -0.400 e. The van der Waals surface area contributed by atoms with Crippen LogP contribution in [0.1, 0.15) is 54.2 Å². The van der Waals surface area contributed by atoms with E-state index in [2.05, 4.69) is 113 Å². The van der Waals surface area contributed by atoms with E-state index in [9.17, 15) is 0 Å². The van der Waals surface area contributed by atoms with Crippen molar-refractivity contribution >= 4 is 11.4 Å². The van der Waals surface area contributed by atoms with Gasteiger partial charge in [-0.25, -0.2) is 0 Å². The van der Waals surface area contributed by atoms with Crippen LogP contribution in [0.3, 0.4) is 0 Å². The lowest BCUT2D eigenvalue weighted by Crippen LogP contribution is -2.49. The number of anilines is 2. The summed E-state index contributed by atoms with van der Waals surface area (Å²) in [7, 11) is 3.09. The van der Waals surface area contributed by atoms with Gasteiger partial charge in [-0.1, -0.05) is 61.9 Å². The molecule has 34 heavy (non-hydrogen) atoms. The number of aliphatic hydroxyl groups is 1. The highest BCUT2D eigenvalue weighted by molar-refractivity contribution is 5.70. The van der Waals surface area contributed by atoms with E-state index in [1.54, 1.807) is 6.08 Å². The fourth-order valence-corrected chi connectivity index (χ4v) is 4.46. The van der Waals surface area contributed by atoms with Gasteiger partial charge in [0.05, 0.1) is 11.4 Å². The summed E-state index contributed by atoms with van der Waals surface area (Å²) in [5.41, 5.74) is 10.3. The van der Waals surface area contributed by atoms with E-state index in [1.165, 1.54) is 44.8 Å². The second-order valence-corrected chi connectivity index (χ2v) is 8.21. The van der Waals surface area contributed by atoms with Gasteiger partial charge in [-0.3, -0.25) is 0 Å². The normalized spacial score (nSPS) is 12.0. The van der Waals surface area contributed by atoms with Crippen LogP contribution in [0, 0.1) is 41.5 Å². The van der Waals surface area contributed by atoms with E-state index in [0.29, 0.717) is 0 Å². The fraction of sp³-hybridized carbons (Fsp3) is 0.400. The highest BCUT2D eigenvalue weighted by Crippen LogP contribution is 2.37. The van der Waals surface area contributed by atoms with Crippen LogP contribution in [0.4, 0.5) is 11.4 Å². The van der Waals surface area contributed by atoms with Crippen molar-refractivity contribution in [1.82, 2.24) is 4.90 Å². The molecule has 0 amide bonds. The van der Waals surface area contributed by atoms with Gasteiger partial charge in [0.2, 0.25) is 0 Å². The summed E-state index contributed by atoms with van der Waals surface area (Å²) in [5.74, 6) is 0. The first-order valence-corrected chi connectivity index (χ1v) is 11.9. The van der Waals surface area contributed by atoms with Crippen LogP contribution in [-0.4, -0.2) is 30.5 Å². The van der Waals surface area contributed by atoms with Gasteiger partial charge >= 0.3 is 0 Å². The molecule has 1 N–H and O–H groups in total. The second-order valence-electron chi connectivity index (χ2n) is 8.21. The zero-order valence-corrected chi connectivity index (χ0v) is 23.4. The van der Waals surface area contributed by atoms with E-state index in [4.69, 9.17) is 5.11 Å². The molecule has 0 fully saturated rings. The largest absolute Gasteiger partial charge is 0.400 e. The molecule has 0 saturated carbocycles. The van der Waals surface area contributed by atoms with Crippen molar-refractivity contribution in [2.24, 2.45) is 0 Å². The molecule has 188 valence electrons. The number of hydrogen-bond donors (Lipinski definition) is 1. The molecule has 1 heterocycles. The predicted octanol–water partition coefficient (Wildman–Crippen LogP) is 7.52. The number of hydrogen-bond acceptors (Lipinski definition) is 4. The Morgan fingerprint density at radius 2 is 1.00 bits per heavy atom. The highest BCUT2D eigenvalue weighted by atomic mass is 16.2. The Hall–Kier alpha value is -2.98. The second kappa shape index (κ2) is 15.0. The summed E-state index contributed by atoms with van der Waals surface area (Å²) in [6.07, 6.45) is 8.04. The zero-order chi connectivity index (χ0) is 26.6. The molecular weight excluding hydrogens is 418 g/mol. The van der Waals surface area contributed by atoms with E-state index in [0.717, 1.165) is 7.11 Å². The van der Waals surface area contributed by atoms with Gasteiger partial charge in [-0.2, -0.15) is 0 Å². The van der Waals surface area contributed by atoms with Crippen LogP contribution in [0.15, 0.2) is 62.1 Å². The lowest BCUT2D eigenvalue weighted by Gasteiger charge is -2.40. The molecule has 0 radical (unpaired) electrons. The molecule has 0 unspecified atom stereocenters. The number of aryl methyl sites for hydroxylation is 6. The summed E-state index contributed by atoms with van der Waals surface area (Å²) >= 11 is 0. The van der Waals surface area contributed by atoms with Gasteiger partial charge < -0.3 is 19.8 Å². The number of allylic oxidation sites excluding steroid dienone is 1. The van der Waals surface area contributed by atoms with Crippen LogP contribution in [0.5, 0.6) is 0 Å². The minimum absolute atomic E-state index is 0.0164. The number of benzene rings is 2. The topological polar surface area (TPSA) is 30.0 Å². The predicted molar refractivity (Wildman–Crippen MR) is 153 cm³/mol. The summed E-state index contributed by atoms with van der Waals surface area (Å²) in [6, 6.07) is 9.02. The lowest BCUT2D eigenvalue weighted by molar-refractivity contribution is 0.345. The van der Waals surface area contributed by atoms with Crippen molar-refractivity contribution < 1.29 is 5.11 Å². The number of rotatable bonds is 4. The Kier molecular flexibility index (Phi) is 13.7. The quantitative estimate of drug-likeness (QED) is 0.473. The molecule has 1 aliphatic heterocycles. The Morgan fingerprint density at radius 3 is 1.24 bits per heavy atom. The summed E-state index contributed by atoms with van der Waals surface area (Å²) in [4.78, 5) is 6.87. The Balaban J connectivity index is 0.00000141. The Labute approximate surface area is 209 Å². The van der Waals surface area contributed by atoms with Crippen molar-refractivity contribution in [2.75, 3.05) is 24.0 Å². The molecule has 0 aromatic heterocycles. The standard InChI is InChI=1S/C24H31N3.C3H6.C2H6.CH4O/c1-9-25(8)24-26(22-18(4)12-16(2)13-19(22)5)10-11-27(24)23-20(6)14-17(3)15-21(23)7;1-3-2;2*1-2/h9-15,24H,1H2,2-8H3;3H,1H2,2H3;1-2H3;2H,1H3. The maximum absolute atomic E-state index is 7.00. The third-order valence-electron chi connectivity index (χ3n) is 5.32. The van der Waals surface area contributed by atoms with E-state index in [1.807, 2.05) is 27.0 Å². The minimum atomic E-state index is 0.0164. The molecule has 0 aliphatic carbocycles. The van der Waals surface area contributed by atoms with Crippen molar-refractivity contribution in [3.8, 4) is 0 Å². The molecule has 1 aliphatic rings. The van der Waals surface area contributed by atoms with Crippen molar-refractivity contribution in [2.45, 2.75) is 68.6 Å². The van der Waals surface area contributed by atoms with Gasteiger partial charge in [0.15, 0.2) is 6.29 Å². The molecule has 4 nitrogen and oxygen atoms in total. The summed E-state index contributed by atoms with van der Waals surface area (Å²) in [6.45, 7) is 26.4. The van der Waals surface area contributed by atoms with E-state index < -0.39 is 0 Å². The van der Waals surface area contributed by atoms with Gasteiger partial charge in [-0.05, 0) is 76.9 Å². The van der Waals surface area contributed by atoms with Gasteiger partial charge in [0.1, 0.15) is 0 Å². The van der Waals surface area contributed by atoms with E-state index >= 15 is 0 Å². The fourth-order valence-electron chi connectivity index (χ4n) is 4.46. The highest BCUT2D eigenvalue weighted by Gasteiger charge is 2.33. The first-order chi connectivity index (χ1) is 16.2. The molecule has 0 saturated heterocycles. The zero-order valence-electron chi connectivity index (χ0n) is 23.4. The summed E-state index contributed by atoms with van der Waals surface area (Å²) in [5, 5.41) is 7.00. The molecule has 4 heteroatoms. The van der Waals surface area contributed by atoms with Crippen molar-refractivity contribution in [3.63, 3.8) is 0 Å². The molecule has 0 bridgehead atoms. The number of aliphatic hydroxyl groups excluding tert-OH is 1. The first kappa shape index (κ1) is 31.0. The Bertz CT molecular complexity index is 848. The van der Waals surface area contributed by atoms with Gasteiger partial charge in [-0.15, -0.1) is 6.58 Å². The van der Waals surface area contributed by atoms with Crippen LogP contribution in [-0.2, 0) is 0 Å². The van der Waals surface area contributed by atoms with Gasteiger partial charge in [0, 0.05) is 26.6 Å².